The minimum atomic E-state index is -0.915. The Labute approximate surface area is 123 Å². The number of benzene rings is 1. The van der Waals surface area contributed by atoms with Crippen molar-refractivity contribution >= 4 is 5.78 Å². The maximum Gasteiger partial charge on any atom is 0.240 e. The fraction of sp³-hybridized carbons (Fsp3) is 0.400. The predicted octanol–water partition coefficient (Wildman–Crippen LogP) is 1.91. The van der Waals surface area contributed by atoms with E-state index in [0.717, 1.165) is 5.56 Å². The highest BCUT2D eigenvalue weighted by atomic mass is 16.7. The Balaban J connectivity index is 2.06. The average Bonchev–Trinajstić information content (AvgIpc) is 2.96. The molecule has 0 spiro atoms. The molecule has 0 aliphatic heterocycles. The lowest BCUT2D eigenvalue weighted by Gasteiger charge is -2.13. The van der Waals surface area contributed by atoms with E-state index in [9.17, 15) is 4.79 Å². The molecule has 0 bridgehead atoms. The van der Waals surface area contributed by atoms with E-state index < -0.39 is 6.29 Å². The highest BCUT2D eigenvalue weighted by Crippen LogP contribution is 2.07. The van der Waals surface area contributed by atoms with Crippen molar-refractivity contribution in [1.29, 1.82) is 0 Å². The monoisotopic (exact) mass is 289 g/mol. The van der Waals surface area contributed by atoms with Gasteiger partial charge in [0.15, 0.2) is 5.69 Å². The number of ketones is 1. The molecule has 0 unspecified atom stereocenters. The van der Waals surface area contributed by atoms with Gasteiger partial charge in [-0.15, -0.1) is 5.10 Å². The maximum atomic E-state index is 12.2. The van der Waals surface area contributed by atoms with Crippen LogP contribution in [0.4, 0.5) is 0 Å². The van der Waals surface area contributed by atoms with E-state index in [2.05, 4.69) is 10.3 Å². The van der Waals surface area contributed by atoms with Crippen LogP contribution in [-0.4, -0.2) is 40.3 Å². The van der Waals surface area contributed by atoms with Crippen LogP contribution in [0.1, 0.15) is 29.9 Å². The van der Waals surface area contributed by atoms with Crippen LogP contribution in [0.5, 0.6) is 0 Å². The van der Waals surface area contributed by atoms with E-state index in [0.29, 0.717) is 19.8 Å². The number of carbonyl (C=O) groups excluding carboxylic acids is 1. The van der Waals surface area contributed by atoms with Crippen LogP contribution in [0.15, 0.2) is 36.5 Å². The minimum absolute atomic E-state index is 0.248. The molecular weight excluding hydrogens is 270 g/mol. The molecule has 0 saturated heterocycles. The van der Waals surface area contributed by atoms with Crippen LogP contribution < -0.4 is 0 Å². The maximum absolute atomic E-state index is 12.2. The summed E-state index contributed by atoms with van der Waals surface area (Å²) < 4.78 is 12.2. The summed E-state index contributed by atoms with van der Waals surface area (Å²) >= 11 is 0. The van der Waals surface area contributed by atoms with Crippen molar-refractivity contribution in [2.45, 2.75) is 26.7 Å². The molecule has 6 heteroatoms. The molecule has 1 aromatic heterocycles. The van der Waals surface area contributed by atoms with Gasteiger partial charge in [0.2, 0.25) is 12.1 Å². The molecule has 1 aromatic carbocycles. The van der Waals surface area contributed by atoms with Crippen LogP contribution in [0, 0.1) is 0 Å². The van der Waals surface area contributed by atoms with Crippen LogP contribution in [0.2, 0.25) is 0 Å². The summed E-state index contributed by atoms with van der Waals surface area (Å²) in [4.78, 5) is 12.2. The summed E-state index contributed by atoms with van der Waals surface area (Å²) in [7, 11) is 0. The molecular formula is C15H19N3O3. The quantitative estimate of drug-likeness (QED) is 0.548. The van der Waals surface area contributed by atoms with E-state index in [4.69, 9.17) is 9.47 Å². The van der Waals surface area contributed by atoms with Crippen molar-refractivity contribution in [3.8, 4) is 0 Å². The first-order valence-electron chi connectivity index (χ1n) is 6.96. The second-order valence-corrected chi connectivity index (χ2v) is 4.39. The van der Waals surface area contributed by atoms with Crippen molar-refractivity contribution < 1.29 is 14.3 Å². The van der Waals surface area contributed by atoms with Gasteiger partial charge in [-0.2, -0.15) is 0 Å². The smallest absolute Gasteiger partial charge is 0.240 e. The van der Waals surface area contributed by atoms with E-state index in [1.54, 1.807) is 10.9 Å². The molecule has 21 heavy (non-hydrogen) atoms. The second-order valence-electron chi connectivity index (χ2n) is 4.39. The number of hydrogen-bond donors (Lipinski definition) is 0. The standard InChI is InChI=1S/C15H19N3O3/c1-3-20-15(21-4-2)14(19)13-11-18(17-16-13)10-12-8-6-5-7-9-12/h5-9,11,15H,3-4,10H2,1-2H3. The number of rotatable bonds is 8. The van der Waals surface area contributed by atoms with E-state index >= 15 is 0 Å². The summed E-state index contributed by atoms with van der Waals surface area (Å²) in [5.74, 6) is -0.307. The number of carbonyl (C=O) groups is 1. The van der Waals surface area contributed by atoms with Gasteiger partial charge in [-0.05, 0) is 19.4 Å². The fourth-order valence-corrected chi connectivity index (χ4v) is 1.88. The summed E-state index contributed by atoms with van der Waals surface area (Å²) in [5.41, 5.74) is 1.34. The molecule has 0 aliphatic carbocycles. The van der Waals surface area contributed by atoms with Gasteiger partial charge in [-0.25, -0.2) is 4.68 Å². The van der Waals surface area contributed by atoms with E-state index in [1.165, 1.54) is 0 Å². The van der Waals surface area contributed by atoms with Gasteiger partial charge in [0.05, 0.1) is 12.7 Å². The van der Waals surface area contributed by atoms with Crippen LogP contribution in [0.25, 0.3) is 0 Å². The highest BCUT2D eigenvalue weighted by Gasteiger charge is 2.23. The molecule has 112 valence electrons. The lowest BCUT2D eigenvalue weighted by Crippen LogP contribution is -2.28. The lowest BCUT2D eigenvalue weighted by molar-refractivity contribution is -0.107. The van der Waals surface area contributed by atoms with Crippen molar-refractivity contribution in [3.63, 3.8) is 0 Å². The van der Waals surface area contributed by atoms with Gasteiger partial charge in [-0.3, -0.25) is 4.79 Å². The van der Waals surface area contributed by atoms with Crippen molar-refractivity contribution in [2.24, 2.45) is 0 Å². The van der Waals surface area contributed by atoms with Gasteiger partial charge in [0.25, 0.3) is 0 Å². The number of hydrogen-bond acceptors (Lipinski definition) is 5. The van der Waals surface area contributed by atoms with Crippen molar-refractivity contribution in [3.05, 3.63) is 47.8 Å². The molecule has 6 nitrogen and oxygen atoms in total. The van der Waals surface area contributed by atoms with E-state index in [-0.39, 0.29) is 11.5 Å². The van der Waals surface area contributed by atoms with Crippen molar-refractivity contribution in [2.75, 3.05) is 13.2 Å². The second kappa shape index (κ2) is 7.66. The molecule has 0 saturated carbocycles. The normalized spacial score (nSPS) is 11.0. The first-order valence-corrected chi connectivity index (χ1v) is 6.96. The molecule has 0 aliphatic rings. The summed E-state index contributed by atoms with van der Waals surface area (Å²) in [6, 6.07) is 9.85. The summed E-state index contributed by atoms with van der Waals surface area (Å²) in [6.45, 7) is 4.98. The Morgan fingerprint density at radius 1 is 1.19 bits per heavy atom. The van der Waals surface area contributed by atoms with Gasteiger partial charge >= 0.3 is 0 Å². The molecule has 0 fully saturated rings. The number of aromatic nitrogens is 3. The van der Waals surface area contributed by atoms with Gasteiger partial charge in [0, 0.05) is 13.2 Å². The topological polar surface area (TPSA) is 66.2 Å². The summed E-state index contributed by atoms with van der Waals surface area (Å²) in [5, 5.41) is 7.87. The van der Waals surface area contributed by atoms with Crippen LogP contribution in [-0.2, 0) is 16.0 Å². The van der Waals surface area contributed by atoms with Crippen LogP contribution in [0.3, 0.4) is 0 Å². The zero-order chi connectivity index (χ0) is 15.1. The largest absolute Gasteiger partial charge is 0.346 e. The minimum Gasteiger partial charge on any atom is -0.346 e. The number of ether oxygens (including phenoxy) is 2. The third-order valence-electron chi connectivity index (χ3n) is 2.83. The Kier molecular flexibility index (Phi) is 5.59. The Morgan fingerprint density at radius 2 is 1.86 bits per heavy atom. The van der Waals surface area contributed by atoms with E-state index in [1.807, 2.05) is 44.2 Å². The Hall–Kier alpha value is -2.05. The molecule has 0 radical (unpaired) electrons. The third-order valence-corrected chi connectivity index (χ3v) is 2.83. The number of nitrogens with zero attached hydrogens (tertiary/aromatic N) is 3. The average molecular weight is 289 g/mol. The predicted molar refractivity (Wildman–Crippen MR) is 76.9 cm³/mol. The fourth-order valence-electron chi connectivity index (χ4n) is 1.88. The Bertz CT molecular complexity index is 563. The van der Waals surface area contributed by atoms with Gasteiger partial charge in [-0.1, -0.05) is 35.5 Å². The van der Waals surface area contributed by atoms with Crippen LogP contribution >= 0.6 is 0 Å². The highest BCUT2D eigenvalue weighted by molar-refractivity contribution is 5.96. The molecule has 2 aromatic rings. The summed E-state index contributed by atoms with van der Waals surface area (Å²) in [6.07, 6.45) is 0.697. The zero-order valence-corrected chi connectivity index (χ0v) is 12.2. The van der Waals surface area contributed by atoms with Crippen molar-refractivity contribution in [1.82, 2.24) is 15.0 Å². The molecule has 0 N–H and O–H groups in total. The molecule has 0 amide bonds. The van der Waals surface area contributed by atoms with Gasteiger partial charge < -0.3 is 9.47 Å². The van der Waals surface area contributed by atoms with Gasteiger partial charge in [0.1, 0.15) is 0 Å². The third kappa shape index (κ3) is 4.21. The lowest BCUT2D eigenvalue weighted by atomic mass is 10.2. The first kappa shape index (κ1) is 15.3. The first-order chi connectivity index (χ1) is 10.2. The number of Topliss-reactive ketones (excluding diaryl/α,β-unsaturated/α-hetero) is 1. The molecule has 1 heterocycles. The molecule has 2 rings (SSSR count). The zero-order valence-electron chi connectivity index (χ0n) is 12.2. The Morgan fingerprint density at radius 3 is 2.48 bits per heavy atom. The molecule has 0 atom stereocenters. The SMILES string of the molecule is CCOC(OCC)C(=O)c1cn(Cc2ccccc2)nn1.